The van der Waals surface area contributed by atoms with Gasteiger partial charge in [0.2, 0.25) is 0 Å². The topological polar surface area (TPSA) is 46.5 Å². The fourth-order valence-corrected chi connectivity index (χ4v) is 3.34. The van der Waals surface area contributed by atoms with Gasteiger partial charge in [-0.15, -0.1) is 0 Å². The van der Waals surface area contributed by atoms with Crippen LogP contribution in [0.4, 0.5) is 0 Å². The van der Waals surface area contributed by atoms with Crippen molar-refractivity contribution in [2.24, 2.45) is 0 Å². The Bertz CT molecular complexity index is 671. The van der Waals surface area contributed by atoms with Crippen LogP contribution in [0.1, 0.15) is 31.1 Å². The fraction of sp³-hybridized carbons (Fsp3) is 0.450. The second kappa shape index (κ2) is 7.85. The van der Waals surface area contributed by atoms with Crippen LogP contribution in [0.25, 0.3) is 5.69 Å². The minimum Gasteiger partial charge on any atom is -0.373 e. The first-order chi connectivity index (χ1) is 12.0. The highest BCUT2D eigenvalue weighted by Gasteiger charge is 2.25. The van der Waals surface area contributed by atoms with Crippen LogP contribution in [0.5, 0.6) is 0 Å². The Morgan fingerprint density at radius 2 is 1.76 bits per heavy atom. The Balaban J connectivity index is 1.53. The van der Waals surface area contributed by atoms with Crippen molar-refractivity contribution in [2.75, 3.05) is 19.6 Å². The summed E-state index contributed by atoms with van der Waals surface area (Å²) in [6, 6.07) is 11.9. The summed E-state index contributed by atoms with van der Waals surface area (Å²) >= 11 is 0. The zero-order valence-electron chi connectivity index (χ0n) is 15.2. The summed E-state index contributed by atoms with van der Waals surface area (Å²) in [7, 11) is 0. The van der Waals surface area contributed by atoms with E-state index in [0.717, 1.165) is 18.8 Å². The molecule has 2 aromatic rings. The third kappa shape index (κ3) is 4.50. The molecule has 3 rings (SSSR count). The molecule has 1 aliphatic heterocycles. The van der Waals surface area contributed by atoms with Crippen molar-refractivity contribution in [3.05, 3.63) is 54.4 Å². The van der Waals surface area contributed by atoms with Crippen molar-refractivity contribution in [3.63, 3.8) is 0 Å². The largest absolute Gasteiger partial charge is 0.373 e. The van der Waals surface area contributed by atoms with Gasteiger partial charge in [-0.2, -0.15) is 0 Å². The lowest BCUT2D eigenvalue weighted by molar-refractivity contribution is -0.0778. The molecule has 134 valence electrons. The zero-order chi connectivity index (χ0) is 17.8. The van der Waals surface area contributed by atoms with Gasteiger partial charge in [-0.3, -0.25) is 9.69 Å². The molecule has 0 saturated carbocycles. The van der Waals surface area contributed by atoms with Crippen molar-refractivity contribution in [2.45, 2.75) is 39.0 Å². The zero-order valence-corrected chi connectivity index (χ0v) is 15.2. The lowest BCUT2D eigenvalue weighted by Gasteiger charge is -2.39. The van der Waals surface area contributed by atoms with E-state index in [9.17, 15) is 4.79 Å². The van der Waals surface area contributed by atoms with Gasteiger partial charge in [0.1, 0.15) is 0 Å². The molecular formula is C20H27N3O2. The van der Waals surface area contributed by atoms with Crippen LogP contribution in [-0.2, 0) is 4.74 Å². The minimum absolute atomic E-state index is 0.0275. The first kappa shape index (κ1) is 17.7. The lowest BCUT2D eigenvalue weighted by atomic mass is 10.1. The van der Waals surface area contributed by atoms with Crippen LogP contribution in [0, 0.1) is 0 Å². The van der Waals surface area contributed by atoms with E-state index in [1.807, 2.05) is 53.4 Å². The van der Waals surface area contributed by atoms with E-state index in [1.54, 1.807) is 0 Å². The molecular weight excluding hydrogens is 314 g/mol. The monoisotopic (exact) mass is 341 g/mol. The molecule has 3 atom stereocenters. The van der Waals surface area contributed by atoms with Gasteiger partial charge >= 0.3 is 0 Å². The summed E-state index contributed by atoms with van der Waals surface area (Å²) in [4.78, 5) is 14.8. The summed E-state index contributed by atoms with van der Waals surface area (Å²) in [6.45, 7) is 8.80. The van der Waals surface area contributed by atoms with E-state index in [0.29, 0.717) is 12.1 Å². The van der Waals surface area contributed by atoms with E-state index in [1.165, 1.54) is 0 Å². The van der Waals surface area contributed by atoms with Gasteiger partial charge < -0.3 is 14.6 Å². The highest BCUT2D eigenvalue weighted by Crippen LogP contribution is 2.14. The van der Waals surface area contributed by atoms with E-state index in [4.69, 9.17) is 4.74 Å². The first-order valence-corrected chi connectivity index (χ1v) is 8.94. The fourth-order valence-electron chi connectivity index (χ4n) is 3.34. The third-order valence-electron chi connectivity index (χ3n) is 4.66. The first-order valence-electron chi connectivity index (χ1n) is 8.94. The van der Waals surface area contributed by atoms with Crippen LogP contribution in [0.2, 0.25) is 0 Å². The third-order valence-corrected chi connectivity index (χ3v) is 4.66. The minimum atomic E-state index is -0.0275. The number of aromatic nitrogens is 1. The van der Waals surface area contributed by atoms with Gasteiger partial charge in [0.15, 0.2) is 0 Å². The molecule has 3 unspecified atom stereocenters. The Morgan fingerprint density at radius 3 is 2.36 bits per heavy atom. The van der Waals surface area contributed by atoms with Crippen LogP contribution < -0.4 is 5.32 Å². The van der Waals surface area contributed by atoms with E-state index in [-0.39, 0.29) is 24.2 Å². The van der Waals surface area contributed by atoms with Crippen LogP contribution in [0.15, 0.2) is 48.8 Å². The smallest absolute Gasteiger partial charge is 0.251 e. The Kier molecular flexibility index (Phi) is 5.56. The number of amides is 1. The molecule has 1 aliphatic rings. The average molecular weight is 341 g/mol. The maximum Gasteiger partial charge on any atom is 0.251 e. The number of hydrogen-bond acceptors (Lipinski definition) is 3. The summed E-state index contributed by atoms with van der Waals surface area (Å²) in [5.41, 5.74) is 1.73. The highest BCUT2D eigenvalue weighted by molar-refractivity contribution is 5.94. The van der Waals surface area contributed by atoms with Crippen LogP contribution in [0.3, 0.4) is 0 Å². The van der Waals surface area contributed by atoms with Crippen molar-refractivity contribution in [3.8, 4) is 5.69 Å². The van der Waals surface area contributed by atoms with Crippen LogP contribution >= 0.6 is 0 Å². The maximum absolute atomic E-state index is 12.4. The van der Waals surface area contributed by atoms with E-state index < -0.39 is 0 Å². The Labute approximate surface area is 149 Å². The van der Waals surface area contributed by atoms with Crippen molar-refractivity contribution in [1.29, 1.82) is 0 Å². The van der Waals surface area contributed by atoms with Gasteiger partial charge in [-0.25, -0.2) is 0 Å². The Morgan fingerprint density at radius 1 is 1.16 bits per heavy atom. The number of carbonyl (C=O) groups is 1. The molecule has 0 aliphatic carbocycles. The number of ether oxygens (including phenoxy) is 1. The van der Waals surface area contributed by atoms with Crippen LogP contribution in [-0.4, -0.2) is 53.3 Å². The molecule has 0 bridgehead atoms. The molecule has 5 heteroatoms. The number of hydrogen-bond donors (Lipinski definition) is 1. The second-order valence-electron chi connectivity index (χ2n) is 6.91. The summed E-state index contributed by atoms with van der Waals surface area (Å²) in [6.07, 6.45) is 4.45. The SMILES string of the molecule is CC1CN(C(C)CNC(=O)c2ccc(-n3cccc3)cc2)CC(C)O1. The molecule has 0 spiro atoms. The van der Waals surface area contributed by atoms with Crippen molar-refractivity contribution >= 4 is 5.91 Å². The standard InChI is InChI=1S/C20H27N3O2/c1-15(23-13-16(2)25-17(3)14-23)12-21-20(24)18-6-8-19(9-7-18)22-10-4-5-11-22/h4-11,15-17H,12-14H2,1-3H3,(H,21,24). The molecule has 0 radical (unpaired) electrons. The number of morpholine rings is 1. The number of nitrogens with zero attached hydrogens (tertiary/aromatic N) is 2. The molecule has 1 saturated heterocycles. The van der Waals surface area contributed by atoms with Gasteiger partial charge in [0.05, 0.1) is 12.2 Å². The second-order valence-corrected chi connectivity index (χ2v) is 6.91. The average Bonchev–Trinajstić information content (AvgIpc) is 3.13. The van der Waals surface area contributed by atoms with Gasteiger partial charge in [0.25, 0.3) is 5.91 Å². The lowest BCUT2D eigenvalue weighted by Crippen LogP contribution is -2.52. The van der Waals surface area contributed by atoms with Gasteiger partial charge in [0, 0.05) is 49.3 Å². The molecule has 1 N–H and O–H groups in total. The molecule has 1 aromatic carbocycles. The number of carbonyl (C=O) groups excluding carboxylic acids is 1. The molecule has 5 nitrogen and oxygen atoms in total. The molecule has 25 heavy (non-hydrogen) atoms. The normalized spacial score (nSPS) is 22.5. The number of nitrogens with one attached hydrogen (secondary N) is 1. The van der Waals surface area contributed by atoms with Crippen molar-refractivity contribution in [1.82, 2.24) is 14.8 Å². The Hall–Kier alpha value is -2.11. The highest BCUT2D eigenvalue weighted by atomic mass is 16.5. The predicted octanol–water partition coefficient (Wildman–Crippen LogP) is 2.70. The summed E-state index contributed by atoms with van der Waals surface area (Å²) in [5, 5.41) is 3.05. The van der Waals surface area contributed by atoms with Crippen molar-refractivity contribution < 1.29 is 9.53 Å². The molecule has 1 fully saturated rings. The number of rotatable bonds is 5. The molecule has 2 heterocycles. The van der Waals surface area contributed by atoms with E-state index >= 15 is 0 Å². The molecule has 1 amide bonds. The number of benzene rings is 1. The maximum atomic E-state index is 12.4. The molecule has 1 aromatic heterocycles. The van der Waals surface area contributed by atoms with Gasteiger partial charge in [-0.1, -0.05) is 0 Å². The predicted molar refractivity (Wildman–Crippen MR) is 99.1 cm³/mol. The van der Waals surface area contributed by atoms with Gasteiger partial charge in [-0.05, 0) is 57.2 Å². The summed E-state index contributed by atoms with van der Waals surface area (Å²) in [5.74, 6) is -0.0275. The quantitative estimate of drug-likeness (QED) is 0.909. The van der Waals surface area contributed by atoms with E-state index in [2.05, 4.69) is 31.0 Å². The summed E-state index contributed by atoms with van der Waals surface area (Å²) < 4.78 is 7.79.